The molecule has 1 aromatic carbocycles. The van der Waals surface area contributed by atoms with Crippen molar-refractivity contribution in [1.29, 1.82) is 0 Å². The van der Waals surface area contributed by atoms with Crippen molar-refractivity contribution in [1.82, 2.24) is 0 Å². The molecule has 1 aromatic rings. The molecule has 0 radical (unpaired) electrons. The van der Waals surface area contributed by atoms with E-state index in [4.69, 9.17) is 5.73 Å². The van der Waals surface area contributed by atoms with Gasteiger partial charge in [-0.05, 0) is 31.5 Å². The Hall–Kier alpha value is -1.28. The van der Waals surface area contributed by atoms with E-state index in [2.05, 4.69) is 49.6 Å². The summed E-state index contributed by atoms with van der Waals surface area (Å²) in [5.74, 6) is 0. The van der Waals surface area contributed by atoms with E-state index in [0.717, 1.165) is 18.7 Å². The largest absolute Gasteiger partial charge is 0.372 e. The van der Waals surface area contributed by atoms with Gasteiger partial charge in [-0.25, -0.2) is 0 Å². The van der Waals surface area contributed by atoms with Crippen LogP contribution < -0.4 is 10.6 Å². The van der Waals surface area contributed by atoms with Gasteiger partial charge < -0.3 is 10.6 Å². The molecule has 0 aliphatic rings. The van der Waals surface area contributed by atoms with Gasteiger partial charge in [0.25, 0.3) is 0 Å². The van der Waals surface area contributed by atoms with Crippen molar-refractivity contribution in [2.45, 2.75) is 19.9 Å². The molecule has 15 heavy (non-hydrogen) atoms. The van der Waals surface area contributed by atoms with Crippen LogP contribution in [0.15, 0.2) is 36.9 Å². The quantitative estimate of drug-likeness (QED) is 0.747. The van der Waals surface area contributed by atoms with Gasteiger partial charge in [-0.15, -0.1) is 6.58 Å². The van der Waals surface area contributed by atoms with E-state index in [9.17, 15) is 0 Å². The Bertz CT molecular complexity index is 299. The molecule has 0 aliphatic heterocycles. The van der Waals surface area contributed by atoms with E-state index in [1.165, 1.54) is 5.69 Å². The summed E-state index contributed by atoms with van der Waals surface area (Å²) in [5, 5.41) is 0. The standard InChI is InChI=1S/C13H20N2/c1-4-13(14)11-7-9-12(10-8-11)15(5-2)6-3/h4,7-10,13H,1,5-6,14H2,2-3H3/t13-/m1/s1. The summed E-state index contributed by atoms with van der Waals surface area (Å²) in [6.45, 7) is 10.1. The second-order valence-electron chi connectivity index (χ2n) is 3.53. The van der Waals surface area contributed by atoms with Crippen LogP contribution in [0.4, 0.5) is 5.69 Å². The normalized spacial score (nSPS) is 12.2. The van der Waals surface area contributed by atoms with Crippen molar-refractivity contribution in [2.75, 3.05) is 18.0 Å². The van der Waals surface area contributed by atoms with Gasteiger partial charge in [-0.2, -0.15) is 0 Å². The van der Waals surface area contributed by atoms with E-state index in [0.29, 0.717) is 0 Å². The van der Waals surface area contributed by atoms with Crippen LogP contribution >= 0.6 is 0 Å². The van der Waals surface area contributed by atoms with Crippen LogP contribution in [-0.4, -0.2) is 13.1 Å². The Morgan fingerprint density at radius 3 is 2.20 bits per heavy atom. The Morgan fingerprint density at radius 2 is 1.80 bits per heavy atom. The maximum absolute atomic E-state index is 5.85. The number of nitrogens with zero attached hydrogens (tertiary/aromatic N) is 1. The molecule has 1 atom stereocenters. The molecule has 0 aliphatic carbocycles. The summed E-state index contributed by atoms with van der Waals surface area (Å²) in [7, 11) is 0. The summed E-state index contributed by atoms with van der Waals surface area (Å²) < 4.78 is 0. The molecule has 1 rings (SSSR count). The zero-order chi connectivity index (χ0) is 11.3. The second kappa shape index (κ2) is 5.56. The summed E-state index contributed by atoms with van der Waals surface area (Å²) in [6.07, 6.45) is 1.76. The highest BCUT2D eigenvalue weighted by molar-refractivity contribution is 5.48. The molecule has 0 saturated heterocycles. The lowest BCUT2D eigenvalue weighted by molar-refractivity contribution is 0.862. The molecule has 0 fully saturated rings. The zero-order valence-electron chi connectivity index (χ0n) is 9.61. The van der Waals surface area contributed by atoms with Crippen molar-refractivity contribution in [2.24, 2.45) is 5.73 Å². The summed E-state index contributed by atoms with van der Waals surface area (Å²) in [6, 6.07) is 8.31. The van der Waals surface area contributed by atoms with Crippen LogP contribution in [0.25, 0.3) is 0 Å². The smallest absolute Gasteiger partial charge is 0.0478 e. The lowest BCUT2D eigenvalue weighted by Crippen LogP contribution is -2.21. The van der Waals surface area contributed by atoms with E-state index < -0.39 is 0 Å². The molecule has 2 nitrogen and oxygen atoms in total. The van der Waals surface area contributed by atoms with Crippen LogP contribution in [0.1, 0.15) is 25.5 Å². The first-order valence-electron chi connectivity index (χ1n) is 5.46. The number of anilines is 1. The molecular weight excluding hydrogens is 184 g/mol. The van der Waals surface area contributed by atoms with Crippen LogP contribution in [0.5, 0.6) is 0 Å². The predicted octanol–water partition coefficient (Wildman–Crippen LogP) is 2.72. The number of hydrogen-bond donors (Lipinski definition) is 1. The van der Waals surface area contributed by atoms with Crippen molar-refractivity contribution >= 4 is 5.69 Å². The first-order chi connectivity index (χ1) is 7.22. The van der Waals surface area contributed by atoms with Crippen LogP contribution in [0.3, 0.4) is 0 Å². The predicted molar refractivity (Wildman–Crippen MR) is 67.1 cm³/mol. The molecule has 0 bridgehead atoms. The second-order valence-corrected chi connectivity index (χ2v) is 3.53. The Balaban J connectivity index is 2.84. The SMILES string of the molecule is C=C[C@@H](N)c1ccc(N(CC)CC)cc1. The van der Waals surface area contributed by atoms with E-state index in [1.54, 1.807) is 6.08 Å². The van der Waals surface area contributed by atoms with E-state index >= 15 is 0 Å². The fourth-order valence-electron chi connectivity index (χ4n) is 1.63. The molecule has 82 valence electrons. The van der Waals surface area contributed by atoms with Crippen LogP contribution in [0.2, 0.25) is 0 Å². The van der Waals surface area contributed by atoms with Crippen molar-refractivity contribution < 1.29 is 0 Å². The molecule has 0 spiro atoms. The van der Waals surface area contributed by atoms with E-state index in [1.807, 2.05) is 0 Å². The number of hydrogen-bond acceptors (Lipinski definition) is 2. The molecule has 2 N–H and O–H groups in total. The zero-order valence-corrected chi connectivity index (χ0v) is 9.61. The van der Waals surface area contributed by atoms with Gasteiger partial charge in [0.15, 0.2) is 0 Å². The molecule has 0 amide bonds. The van der Waals surface area contributed by atoms with Crippen molar-refractivity contribution in [3.8, 4) is 0 Å². The van der Waals surface area contributed by atoms with Crippen LogP contribution in [-0.2, 0) is 0 Å². The van der Waals surface area contributed by atoms with Crippen molar-refractivity contribution in [3.05, 3.63) is 42.5 Å². The van der Waals surface area contributed by atoms with Gasteiger partial charge in [0, 0.05) is 24.8 Å². The molecule has 0 saturated carbocycles. The first kappa shape index (κ1) is 11.8. The fraction of sp³-hybridized carbons (Fsp3) is 0.385. The summed E-state index contributed by atoms with van der Waals surface area (Å²) in [4.78, 5) is 2.31. The molecule has 0 unspecified atom stereocenters. The van der Waals surface area contributed by atoms with Gasteiger partial charge in [-0.3, -0.25) is 0 Å². The monoisotopic (exact) mass is 204 g/mol. The van der Waals surface area contributed by atoms with E-state index in [-0.39, 0.29) is 6.04 Å². The molecule has 0 heterocycles. The lowest BCUT2D eigenvalue weighted by atomic mass is 10.1. The molecular formula is C13H20N2. The lowest BCUT2D eigenvalue weighted by Gasteiger charge is -2.21. The summed E-state index contributed by atoms with van der Waals surface area (Å²) >= 11 is 0. The topological polar surface area (TPSA) is 29.3 Å². The third-order valence-electron chi connectivity index (χ3n) is 2.66. The van der Waals surface area contributed by atoms with Gasteiger partial charge in [0.1, 0.15) is 0 Å². The highest BCUT2D eigenvalue weighted by atomic mass is 15.1. The highest BCUT2D eigenvalue weighted by Crippen LogP contribution is 2.18. The average molecular weight is 204 g/mol. The molecule has 2 heteroatoms. The average Bonchev–Trinajstić information content (AvgIpc) is 2.30. The number of benzene rings is 1. The van der Waals surface area contributed by atoms with Gasteiger partial charge in [0.2, 0.25) is 0 Å². The number of rotatable bonds is 5. The first-order valence-corrected chi connectivity index (χ1v) is 5.46. The maximum Gasteiger partial charge on any atom is 0.0478 e. The summed E-state index contributed by atoms with van der Waals surface area (Å²) in [5.41, 5.74) is 8.22. The minimum atomic E-state index is -0.0595. The third-order valence-corrected chi connectivity index (χ3v) is 2.66. The fourth-order valence-corrected chi connectivity index (χ4v) is 1.63. The van der Waals surface area contributed by atoms with Gasteiger partial charge in [-0.1, -0.05) is 18.2 Å². The molecule has 0 aromatic heterocycles. The van der Waals surface area contributed by atoms with Gasteiger partial charge in [0.05, 0.1) is 0 Å². The van der Waals surface area contributed by atoms with Crippen LogP contribution in [0, 0.1) is 0 Å². The minimum Gasteiger partial charge on any atom is -0.372 e. The minimum absolute atomic E-state index is 0.0595. The van der Waals surface area contributed by atoms with Gasteiger partial charge >= 0.3 is 0 Å². The number of nitrogens with two attached hydrogens (primary N) is 1. The Morgan fingerprint density at radius 1 is 1.27 bits per heavy atom. The third kappa shape index (κ3) is 2.83. The Kier molecular flexibility index (Phi) is 4.37. The Labute approximate surface area is 92.4 Å². The maximum atomic E-state index is 5.85. The highest BCUT2D eigenvalue weighted by Gasteiger charge is 2.03. The van der Waals surface area contributed by atoms with Crippen molar-refractivity contribution in [3.63, 3.8) is 0 Å².